The number of rotatable bonds is 12. The van der Waals surface area contributed by atoms with Gasteiger partial charge in [-0.2, -0.15) is 0 Å². The van der Waals surface area contributed by atoms with Crippen LogP contribution in [0, 0.1) is 0 Å². The predicted octanol–water partition coefficient (Wildman–Crippen LogP) is 3.04. The molecule has 1 aliphatic rings. The fourth-order valence-electron chi connectivity index (χ4n) is 3.60. The van der Waals surface area contributed by atoms with Crippen LogP contribution in [0.15, 0.2) is 35.3 Å². The normalized spacial score (nSPS) is 20.6. The molecule has 0 aliphatic carbocycles. The number of hydrogen-bond donors (Lipinski definition) is 2. The molecule has 1 aromatic rings. The van der Waals surface area contributed by atoms with Crippen molar-refractivity contribution in [2.75, 3.05) is 46.6 Å². The highest BCUT2D eigenvalue weighted by atomic mass is 16.5. The van der Waals surface area contributed by atoms with Gasteiger partial charge >= 0.3 is 0 Å². The molecule has 29 heavy (non-hydrogen) atoms. The molecule has 1 aliphatic heterocycles. The molecule has 6 nitrogen and oxygen atoms in total. The molecule has 2 unspecified atom stereocenters. The molecule has 2 atom stereocenters. The predicted molar refractivity (Wildman–Crippen MR) is 120 cm³/mol. The van der Waals surface area contributed by atoms with Gasteiger partial charge in [0, 0.05) is 45.4 Å². The first-order valence-corrected chi connectivity index (χ1v) is 11.1. The molecule has 2 N–H and O–H groups in total. The van der Waals surface area contributed by atoms with E-state index in [1.54, 1.807) is 0 Å². The summed E-state index contributed by atoms with van der Waals surface area (Å²) in [4.78, 5) is 6.93. The molecule has 164 valence electrons. The van der Waals surface area contributed by atoms with Crippen molar-refractivity contribution in [2.24, 2.45) is 4.99 Å². The third-order valence-corrected chi connectivity index (χ3v) is 5.36. The molecular weight excluding hydrogens is 364 g/mol. The summed E-state index contributed by atoms with van der Waals surface area (Å²) < 4.78 is 11.1. The van der Waals surface area contributed by atoms with Crippen molar-refractivity contribution in [2.45, 2.75) is 58.2 Å². The summed E-state index contributed by atoms with van der Waals surface area (Å²) in [6.45, 7) is 10.2. The van der Waals surface area contributed by atoms with Gasteiger partial charge in [-0.1, -0.05) is 43.7 Å². The average molecular weight is 405 g/mol. The minimum Gasteiger partial charge on any atom is -0.379 e. The lowest BCUT2D eigenvalue weighted by Crippen LogP contribution is -2.51. The van der Waals surface area contributed by atoms with Gasteiger partial charge in [0.25, 0.3) is 0 Å². The lowest BCUT2D eigenvalue weighted by molar-refractivity contribution is 0.0487. The minimum absolute atomic E-state index is 0.455. The van der Waals surface area contributed by atoms with Crippen molar-refractivity contribution in [1.29, 1.82) is 0 Å². The molecule has 1 heterocycles. The Bertz CT molecular complexity index is 567. The fraction of sp³-hybridized carbons (Fsp3) is 0.696. The fourth-order valence-corrected chi connectivity index (χ4v) is 3.60. The zero-order chi connectivity index (χ0) is 20.7. The SMILES string of the molecule is CCCCOCCOCCNC(=NC)NC1CCN(Cc2ccccc2)C(C)C1. The number of guanidine groups is 1. The van der Waals surface area contributed by atoms with E-state index in [-0.39, 0.29) is 0 Å². The quantitative estimate of drug-likeness (QED) is 0.319. The Kier molecular flexibility index (Phi) is 11.7. The Morgan fingerprint density at radius 2 is 1.90 bits per heavy atom. The van der Waals surface area contributed by atoms with Crippen molar-refractivity contribution < 1.29 is 9.47 Å². The third kappa shape index (κ3) is 9.61. The van der Waals surface area contributed by atoms with E-state index in [0.717, 1.165) is 51.5 Å². The van der Waals surface area contributed by atoms with E-state index in [2.05, 4.69) is 64.7 Å². The maximum atomic E-state index is 5.61. The standard InChI is InChI=1S/C23H40N4O2/c1-4-5-14-28-16-17-29-15-12-25-23(24-3)26-22-11-13-27(20(2)18-22)19-21-9-7-6-8-10-21/h6-10,20,22H,4-5,11-19H2,1-3H3,(H2,24,25,26). The molecule has 6 heteroatoms. The number of nitrogens with zero attached hydrogens (tertiary/aromatic N) is 2. The molecule has 0 saturated carbocycles. The summed E-state index contributed by atoms with van der Waals surface area (Å²) in [7, 11) is 1.83. The third-order valence-electron chi connectivity index (χ3n) is 5.36. The maximum absolute atomic E-state index is 5.61. The van der Waals surface area contributed by atoms with Gasteiger partial charge in [0.15, 0.2) is 5.96 Å². The van der Waals surface area contributed by atoms with Crippen molar-refractivity contribution >= 4 is 5.96 Å². The van der Waals surface area contributed by atoms with Crippen molar-refractivity contribution in [3.8, 4) is 0 Å². The van der Waals surface area contributed by atoms with Crippen LogP contribution in [-0.2, 0) is 16.0 Å². The first-order chi connectivity index (χ1) is 14.2. The number of piperidine rings is 1. The van der Waals surface area contributed by atoms with Gasteiger partial charge in [-0.15, -0.1) is 0 Å². The molecule has 1 fully saturated rings. The number of ether oxygens (including phenoxy) is 2. The second kappa shape index (κ2) is 14.4. The lowest BCUT2D eigenvalue weighted by Gasteiger charge is -2.38. The van der Waals surface area contributed by atoms with Crippen LogP contribution in [0.1, 0.15) is 45.1 Å². The summed E-state index contributed by atoms with van der Waals surface area (Å²) in [5.74, 6) is 0.863. The monoisotopic (exact) mass is 404 g/mol. The van der Waals surface area contributed by atoms with E-state index >= 15 is 0 Å². The Morgan fingerprint density at radius 3 is 2.59 bits per heavy atom. The number of hydrogen-bond acceptors (Lipinski definition) is 4. The van der Waals surface area contributed by atoms with Gasteiger partial charge in [0.05, 0.1) is 19.8 Å². The zero-order valence-corrected chi connectivity index (χ0v) is 18.5. The van der Waals surface area contributed by atoms with Crippen LogP contribution in [0.2, 0.25) is 0 Å². The first-order valence-electron chi connectivity index (χ1n) is 11.1. The maximum Gasteiger partial charge on any atom is 0.191 e. The summed E-state index contributed by atoms with van der Waals surface area (Å²) >= 11 is 0. The second-order valence-electron chi connectivity index (χ2n) is 7.75. The molecule has 0 aromatic heterocycles. The molecule has 0 radical (unpaired) electrons. The highest BCUT2D eigenvalue weighted by Crippen LogP contribution is 2.19. The first kappa shape index (κ1) is 23.6. The van der Waals surface area contributed by atoms with Gasteiger partial charge in [-0.25, -0.2) is 0 Å². The Hall–Kier alpha value is -1.63. The van der Waals surface area contributed by atoms with Crippen molar-refractivity contribution in [3.63, 3.8) is 0 Å². The summed E-state index contributed by atoms with van der Waals surface area (Å²) in [6.07, 6.45) is 4.54. The van der Waals surface area contributed by atoms with Crippen LogP contribution < -0.4 is 10.6 Å². The van der Waals surface area contributed by atoms with Crippen LogP contribution in [0.25, 0.3) is 0 Å². The van der Waals surface area contributed by atoms with Gasteiger partial charge in [0.2, 0.25) is 0 Å². The molecule has 0 bridgehead atoms. The van der Waals surface area contributed by atoms with Crippen LogP contribution in [-0.4, -0.2) is 69.5 Å². The zero-order valence-electron chi connectivity index (χ0n) is 18.5. The van der Waals surface area contributed by atoms with Crippen molar-refractivity contribution in [3.05, 3.63) is 35.9 Å². The Labute approximate surface area is 177 Å². The lowest BCUT2D eigenvalue weighted by atomic mass is 9.97. The number of aliphatic imine (C=N–C) groups is 1. The molecule has 0 spiro atoms. The van der Waals surface area contributed by atoms with Crippen LogP contribution in [0.5, 0.6) is 0 Å². The number of benzene rings is 1. The van der Waals surface area contributed by atoms with E-state index in [1.807, 2.05) is 7.05 Å². The second-order valence-corrected chi connectivity index (χ2v) is 7.75. The number of nitrogens with one attached hydrogen (secondary N) is 2. The van der Waals surface area contributed by atoms with E-state index < -0.39 is 0 Å². The van der Waals surface area contributed by atoms with Gasteiger partial charge in [-0.3, -0.25) is 9.89 Å². The molecule has 0 amide bonds. The van der Waals surface area contributed by atoms with E-state index in [4.69, 9.17) is 9.47 Å². The average Bonchev–Trinajstić information content (AvgIpc) is 2.74. The van der Waals surface area contributed by atoms with Crippen LogP contribution >= 0.6 is 0 Å². The summed E-state index contributed by atoms with van der Waals surface area (Å²) in [5.41, 5.74) is 1.39. The summed E-state index contributed by atoms with van der Waals surface area (Å²) in [6, 6.07) is 11.7. The minimum atomic E-state index is 0.455. The smallest absolute Gasteiger partial charge is 0.191 e. The van der Waals surface area contributed by atoms with Crippen molar-refractivity contribution in [1.82, 2.24) is 15.5 Å². The van der Waals surface area contributed by atoms with Gasteiger partial charge in [0.1, 0.15) is 0 Å². The highest BCUT2D eigenvalue weighted by molar-refractivity contribution is 5.79. The van der Waals surface area contributed by atoms with E-state index in [0.29, 0.717) is 31.9 Å². The van der Waals surface area contributed by atoms with E-state index in [9.17, 15) is 0 Å². The highest BCUT2D eigenvalue weighted by Gasteiger charge is 2.25. The topological polar surface area (TPSA) is 58.1 Å². The van der Waals surface area contributed by atoms with Crippen LogP contribution in [0.4, 0.5) is 0 Å². The summed E-state index contributed by atoms with van der Waals surface area (Å²) in [5, 5.41) is 6.93. The Balaban J connectivity index is 1.58. The number of likely N-dealkylation sites (tertiary alicyclic amines) is 1. The largest absolute Gasteiger partial charge is 0.379 e. The van der Waals surface area contributed by atoms with Crippen LogP contribution in [0.3, 0.4) is 0 Å². The molecule has 2 rings (SSSR count). The van der Waals surface area contributed by atoms with Gasteiger partial charge in [-0.05, 0) is 31.7 Å². The van der Waals surface area contributed by atoms with Gasteiger partial charge < -0.3 is 20.1 Å². The van der Waals surface area contributed by atoms with E-state index in [1.165, 1.54) is 12.0 Å². The molecule has 1 saturated heterocycles. The molecule has 1 aromatic carbocycles. The molecular formula is C23H40N4O2. The number of unbranched alkanes of at least 4 members (excludes halogenated alkanes) is 1. The Morgan fingerprint density at radius 1 is 1.14 bits per heavy atom.